The first kappa shape index (κ1) is 13.5. The summed E-state index contributed by atoms with van der Waals surface area (Å²) >= 11 is 0. The van der Waals surface area contributed by atoms with Gasteiger partial charge in [-0.2, -0.15) is 0 Å². The summed E-state index contributed by atoms with van der Waals surface area (Å²) < 4.78 is 26.9. The molecule has 0 unspecified atom stereocenters. The Bertz CT molecular complexity index is 670. The lowest BCUT2D eigenvalue weighted by Gasteiger charge is -2.11. The van der Waals surface area contributed by atoms with Crippen LogP contribution in [0.2, 0.25) is 0 Å². The molecular formula is C13H14N2O3S. The van der Waals surface area contributed by atoms with Crippen LogP contribution >= 0.6 is 0 Å². The summed E-state index contributed by atoms with van der Waals surface area (Å²) in [5.74, 6) is 0.260. The summed E-state index contributed by atoms with van der Waals surface area (Å²) in [7, 11) is -3.70. The summed E-state index contributed by atoms with van der Waals surface area (Å²) in [5.41, 5.74) is 1.12. The van der Waals surface area contributed by atoms with Gasteiger partial charge < -0.3 is 5.11 Å². The van der Waals surface area contributed by atoms with Crippen LogP contribution in [0.1, 0.15) is 11.1 Å². The van der Waals surface area contributed by atoms with E-state index in [0.29, 0.717) is 11.1 Å². The van der Waals surface area contributed by atoms with Gasteiger partial charge in [-0.1, -0.05) is 18.2 Å². The van der Waals surface area contributed by atoms with Gasteiger partial charge in [0.2, 0.25) is 0 Å². The molecule has 1 aromatic heterocycles. The van der Waals surface area contributed by atoms with E-state index in [4.69, 9.17) is 0 Å². The number of sulfonamides is 1. The maximum atomic E-state index is 12.3. The Hall–Kier alpha value is -1.92. The van der Waals surface area contributed by atoms with Crippen LogP contribution in [-0.2, 0) is 16.6 Å². The topological polar surface area (TPSA) is 79.3 Å². The molecule has 0 fully saturated rings. The average Bonchev–Trinajstić information content (AvgIpc) is 2.39. The fourth-order valence-electron chi connectivity index (χ4n) is 1.74. The number of aromatic nitrogens is 1. The van der Waals surface area contributed by atoms with Gasteiger partial charge in [0.15, 0.2) is 0 Å². The second-order valence-corrected chi connectivity index (χ2v) is 5.67. The minimum atomic E-state index is -3.70. The molecule has 19 heavy (non-hydrogen) atoms. The van der Waals surface area contributed by atoms with Crippen LogP contribution in [-0.4, -0.2) is 18.5 Å². The van der Waals surface area contributed by atoms with Crippen molar-refractivity contribution in [1.29, 1.82) is 0 Å². The largest absolute Gasteiger partial charge is 0.392 e. The fraction of sp³-hybridized carbons (Fsp3) is 0.154. The molecule has 2 aromatic rings. The van der Waals surface area contributed by atoms with E-state index < -0.39 is 10.0 Å². The van der Waals surface area contributed by atoms with Crippen molar-refractivity contribution in [3.8, 4) is 0 Å². The van der Waals surface area contributed by atoms with Crippen molar-refractivity contribution in [2.75, 3.05) is 4.72 Å². The predicted molar refractivity (Wildman–Crippen MR) is 72.1 cm³/mol. The lowest BCUT2D eigenvalue weighted by Crippen LogP contribution is -2.15. The van der Waals surface area contributed by atoms with Crippen molar-refractivity contribution in [3.05, 3.63) is 53.7 Å². The van der Waals surface area contributed by atoms with Gasteiger partial charge in [-0.15, -0.1) is 0 Å². The first-order valence-corrected chi connectivity index (χ1v) is 7.16. The SMILES string of the molecule is Cc1c(CO)cccc1S(=O)(=O)Nc1ccccn1. The van der Waals surface area contributed by atoms with Gasteiger partial charge in [-0.3, -0.25) is 4.72 Å². The zero-order chi connectivity index (χ0) is 13.9. The first-order chi connectivity index (χ1) is 9.04. The minimum Gasteiger partial charge on any atom is -0.392 e. The molecule has 2 N–H and O–H groups in total. The van der Waals surface area contributed by atoms with E-state index in [9.17, 15) is 13.5 Å². The molecule has 5 nitrogen and oxygen atoms in total. The van der Waals surface area contributed by atoms with Crippen molar-refractivity contribution < 1.29 is 13.5 Å². The third kappa shape index (κ3) is 2.91. The lowest BCUT2D eigenvalue weighted by molar-refractivity contribution is 0.280. The Morgan fingerprint density at radius 1 is 1.21 bits per heavy atom. The maximum Gasteiger partial charge on any atom is 0.263 e. The van der Waals surface area contributed by atoms with Gasteiger partial charge in [0.05, 0.1) is 11.5 Å². The van der Waals surface area contributed by atoms with Crippen LogP contribution in [0.3, 0.4) is 0 Å². The van der Waals surface area contributed by atoms with Gasteiger partial charge >= 0.3 is 0 Å². The van der Waals surface area contributed by atoms with Crippen LogP contribution in [0.4, 0.5) is 5.82 Å². The second kappa shape index (κ2) is 5.38. The Morgan fingerprint density at radius 3 is 2.63 bits per heavy atom. The molecule has 0 saturated carbocycles. The highest BCUT2D eigenvalue weighted by Crippen LogP contribution is 2.21. The second-order valence-electron chi connectivity index (χ2n) is 4.02. The monoisotopic (exact) mass is 278 g/mol. The van der Waals surface area contributed by atoms with Crippen molar-refractivity contribution in [2.24, 2.45) is 0 Å². The minimum absolute atomic E-state index is 0.143. The van der Waals surface area contributed by atoms with Gasteiger partial charge in [0, 0.05) is 6.20 Å². The summed E-state index contributed by atoms with van der Waals surface area (Å²) in [6.07, 6.45) is 1.51. The molecule has 0 atom stereocenters. The molecule has 1 aromatic carbocycles. The van der Waals surface area contributed by atoms with Crippen LogP contribution in [0.5, 0.6) is 0 Å². The first-order valence-electron chi connectivity index (χ1n) is 5.68. The maximum absolute atomic E-state index is 12.3. The zero-order valence-electron chi connectivity index (χ0n) is 10.4. The van der Waals surface area contributed by atoms with E-state index >= 15 is 0 Å². The molecule has 2 rings (SSSR count). The van der Waals surface area contributed by atoms with E-state index in [2.05, 4.69) is 9.71 Å². The molecule has 0 spiro atoms. The summed E-state index contributed by atoms with van der Waals surface area (Å²) in [4.78, 5) is 4.07. The Morgan fingerprint density at radius 2 is 2.00 bits per heavy atom. The van der Waals surface area contributed by atoms with Gasteiger partial charge in [-0.05, 0) is 36.2 Å². The molecule has 0 aliphatic rings. The number of benzene rings is 1. The molecule has 0 amide bonds. The van der Waals surface area contributed by atoms with Crippen LogP contribution < -0.4 is 4.72 Å². The van der Waals surface area contributed by atoms with Gasteiger partial charge in [-0.25, -0.2) is 13.4 Å². The van der Waals surface area contributed by atoms with Crippen molar-refractivity contribution in [3.63, 3.8) is 0 Å². The number of nitrogens with zero attached hydrogens (tertiary/aromatic N) is 1. The zero-order valence-corrected chi connectivity index (χ0v) is 11.2. The van der Waals surface area contributed by atoms with E-state index in [1.54, 1.807) is 37.3 Å². The normalized spacial score (nSPS) is 11.3. The van der Waals surface area contributed by atoms with Gasteiger partial charge in [0.1, 0.15) is 5.82 Å². The van der Waals surface area contributed by atoms with Crippen molar-refractivity contribution in [2.45, 2.75) is 18.4 Å². The van der Waals surface area contributed by atoms with E-state index in [1.807, 2.05) is 0 Å². The van der Waals surface area contributed by atoms with Gasteiger partial charge in [0.25, 0.3) is 10.0 Å². The van der Waals surface area contributed by atoms with Crippen LogP contribution in [0.25, 0.3) is 0 Å². The van der Waals surface area contributed by atoms with E-state index in [-0.39, 0.29) is 17.3 Å². The number of hydrogen-bond donors (Lipinski definition) is 2. The molecule has 0 saturated heterocycles. The van der Waals surface area contributed by atoms with Crippen molar-refractivity contribution >= 4 is 15.8 Å². The van der Waals surface area contributed by atoms with Crippen LogP contribution in [0, 0.1) is 6.92 Å². The lowest BCUT2D eigenvalue weighted by atomic mass is 10.1. The smallest absolute Gasteiger partial charge is 0.263 e. The number of anilines is 1. The fourth-order valence-corrected chi connectivity index (χ4v) is 3.04. The molecule has 0 bridgehead atoms. The van der Waals surface area contributed by atoms with Crippen LogP contribution in [0.15, 0.2) is 47.5 Å². The summed E-state index contributed by atoms with van der Waals surface area (Å²) in [6.45, 7) is 1.47. The number of aliphatic hydroxyl groups is 1. The van der Waals surface area contributed by atoms with E-state index in [0.717, 1.165) is 0 Å². The highest BCUT2D eigenvalue weighted by Gasteiger charge is 2.18. The molecule has 0 aliphatic carbocycles. The third-order valence-electron chi connectivity index (χ3n) is 2.76. The average molecular weight is 278 g/mol. The van der Waals surface area contributed by atoms with E-state index in [1.165, 1.54) is 12.3 Å². The molecule has 0 aliphatic heterocycles. The van der Waals surface area contributed by atoms with Crippen molar-refractivity contribution in [1.82, 2.24) is 4.98 Å². The molecule has 6 heteroatoms. The predicted octanol–water partition coefficient (Wildman–Crippen LogP) is 1.68. The number of aliphatic hydroxyl groups excluding tert-OH is 1. The Labute approximate surface area is 112 Å². The summed E-state index contributed by atoms with van der Waals surface area (Å²) in [5, 5.41) is 9.17. The molecule has 100 valence electrons. The number of nitrogens with one attached hydrogen (secondary N) is 1. The molecule has 1 heterocycles. The Balaban J connectivity index is 2.40. The highest BCUT2D eigenvalue weighted by atomic mass is 32.2. The number of rotatable bonds is 4. The summed E-state index contributed by atoms with van der Waals surface area (Å²) in [6, 6.07) is 9.76. The number of hydrogen-bond acceptors (Lipinski definition) is 4. The third-order valence-corrected chi connectivity index (χ3v) is 4.26. The Kier molecular flexibility index (Phi) is 3.82. The quantitative estimate of drug-likeness (QED) is 0.892. The molecule has 0 radical (unpaired) electrons. The molecular weight excluding hydrogens is 264 g/mol. The highest BCUT2D eigenvalue weighted by molar-refractivity contribution is 7.92. The standard InChI is InChI=1S/C13H14N2O3S/c1-10-11(9-16)5-4-6-12(10)19(17,18)15-13-7-2-3-8-14-13/h2-8,16H,9H2,1H3,(H,14,15). The number of pyridine rings is 1.